The van der Waals surface area contributed by atoms with Crippen molar-refractivity contribution in [3.05, 3.63) is 53.6 Å². The normalized spacial score (nSPS) is 10.8. The minimum absolute atomic E-state index is 0.371. The predicted molar refractivity (Wildman–Crippen MR) is 106 cm³/mol. The van der Waals surface area contributed by atoms with Gasteiger partial charge in [0.25, 0.3) is 5.91 Å². The smallest absolute Gasteiger partial charge is 0.338 e. The lowest BCUT2D eigenvalue weighted by Gasteiger charge is -2.07. The number of aromatic nitrogens is 1. The van der Waals surface area contributed by atoms with E-state index in [9.17, 15) is 9.59 Å². The van der Waals surface area contributed by atoms with Crippen molar-refractivity contribution in [2.75, 3.05) is 19.0 Å². The second-order valence-corrected chi connectivity index (χ2v) is 7.28. The van der Waals surface area contributed by atoms with E-state index in [1.807, 2.05) is 24.3 Å². The molecule has 0 radical (unpaired) electrons. The molecule has 3 aromatic rings. The number of nitrogens with one attached hydrogen (secondary N) is 1. The molecular formula is C20H20N2O4S. The Balaban J connectivity index is 1.56. The SMILES string of the molecule is COc1ccc2nc(NC(=O)COC(=O)c3ccc(C(C)C)cc3)sc2c1. The van der Waals surface area contributed by atoms with Crippen molar-refractivity contribution < 1.29 is 19.1 Å². The molecule has 0 aliphatic carbocycles. The molecule has 27 heavy (non-hydrogen) atoms. The highest BCUT2D eigenvalue weighted by molar-refractivity contribution is 7.22. The predicted octanol–water partition coefficient (Wildman–Crippen LogP) is 4.22. The van der Waals surface area contributed by atoms with Crippen LogP contribution in [0, 0.1) is 0 Å². The summed E-state index contributed by atoms with van der Waals surface area (Å²) in [7, 11) is 1.59. The fourth-order valence-corrected chi connectivity index (χ4v) is 3.37. The summed E-state index contributed by atoms with van der Waals surface area (Å²) < 4.78 is 11.1. The molecule has 0 saturated heterocycles. The first-order valence-corrected chi connectivity index (χ1v) is 9.29. The molecule has 0 aliphatic rings. The average Bonchev–Trinajstić information content (AvgIpc) is 3.07. The van der Waals surface area contributed by atoms with E-state index in [0.717, 1.165) is 21.5 Å². The fraction of sp³-hybridized carbons (Fsp3) is 0.250. The van der Waals surface area contributed by atoms with Crippen LogP contribution in [-0.2, 0) is 9.53 Å². The topological polar surface area (TPSA) is 77.5 Å². The summed E-state index contributed by atoms with van der Waals surface area (Å²) in [4.78, 5) is 28.4. The summed E-state index contributed by atoms with van der Waals surface area (Å²) in [6.07, 6.45) is 0. The first kappa shape index (κ1) is 18.8. The Morgan fingerprint density at radius 1 is 1.15 bits per heavy atom. The molecule has 3 rings (SSSR count). The van der Waals surface area contributed by atoms with Crippen LogP contribution in [0.25, 0.3) is 10.2 Å². The van der Waals surface area contributed by atoms with Crippen LogP contribution < -0.4 is 10.1 Å². The van der Waals surface area contributed by atoms with Crippen molar-refractivity contribution in [2.24, 2.45) is 0 Å². The quantitative estimate of drug-likeness (QED) is 0.644. The Kier molecular flexibility index (Phi) is 5.71. The van der Waals surface area contributed by atoms with Crippen molar-refractivity contribution in [1.29, 1.82) is 0 Å². The number of esters is 1. The summed E-state index contributed by atoms with van der Waals surface area (Å²) in [5.74, 6) is 0.138. The van der Waals surface area contributed by atoms with E-state index in [4.69, 9.17) is 9.47 Å². The molecule has 0 aliphatic heterocycles. The number of hydrogen-bond donors (Lipinski definition) is 1. The van der Waals surface area contributed by atoms with Crippen LogP contribution in [0.5, 0.6) is 5.75 Å². The summed E-state index contributed by atoms with van der Waals surface area (Å²) in [6.45, 7) is 3.79. The van der Waals surface area contributed by atoms with Gasteiger partial charge in [-0.2, -0.15) is 0 Å². The zero-order valence-corrected chi connectivity index (χ0v) is 16.1. The lowest BCUT2D eigenvalue weighted by molar-refractivity contribution is -0.119. The first-order valence-electron chi connectivity index (χ1n) is 8.48. The summed E-state index contributed by atoms with van der Waals surface area (Å²) in [6, 6.07) is 12.7. The second-order valence-electron chi connectivity index (χ2n) is 6.25. The third-order valence-electron chi connectivity index (χ3n) is 3.99. The van der Waals surface area contributed by atoms with Gasteiger partial charge in [0.15, 0.2) is 11.7 Å². The Hall–Kier alpha value is -2.93. The fourth-order valence-electron chi connectivity index (χ4n) is 2.46. The van der Waals surface area contributed by atoms with Gasteiger partial charge in [0.2, 0.25) is 0 Å². The van der Waals surface area contributed by atoms with Gasteiger partial charge in [0, 0.05) is 0 Å². The number of thiazole rings is 1. The van der Waals surface area contributed by atoms with Crippen molar-refractivity contribution in [3.8, 4) is 5.75 Å². The molecule has 0 saturated carbocycles. The molecule has 1 amide bonds. The number of carbonyl (C=O) groups excluding carboxylic acids is 2. The number of hydrogen-bond acceptors (Lipinski definition) is 6. The minimum atomic E-state index is -0.533. The van der Waals surface area contributed by atoms with Gasteiger partial charge < -0.3 is 9.47 Å². The number of nitrogens with zero attached hydrogens (tertiary/aromatic N) is 1. The van der Waals surface area contributed by atoms with E-state index in [1.165, 1.54) is 11.3 Å². The van der Waals surface area contributed by atoms with E-state index in [-0.39, 0.29) is 6.61 Å². The summed E-state index contributed by atoms with van der Waals surface area (Å²) in [5, 5.41) is 3.10. The zero-order valence-electron chi connectivity index (χ0n) is 15.3. The highest BCUT2D eigenvalue weighted by Crippen LogP contribution is 2.29. The van der Waals surface area contributed by atoms with Crippen molar-refractivity contribution in [1.82, 2.24) is 4.98 Å². The maximum absolute atomic E-state index is 12.1. The van der Waals surface area contributed by atoms with E-state index < -0.39 is 11.9 Å². The maximum atomic E-state index is 12.1. The van der Waals surface area contributed by atoms with Crippen LogP contribution in [0.3, 0.4) is 0 Å². The molecule has 6 nitrogen and oxygen atoms in total. The van der Waals surface area contributed by atoms with E-state index in [0.29, 0.717) is 16.6 Å². The standard InChI is InChI=1S/C20H20N2O4S/c1-12(2)13-4-6-14(7-5-13)19(24)26-11-18(23)22-20-21-16-9-8-15(25-3)10-17(16)27-20/h4-10,12H,11H2,1-3H3,(H,21,22,23). The van der Waals surface area contributed by atoms with Crippen LogP contribution in [0.1, 0.15) is 35.7 Å². The molecule has 0 bridgehead atoms. The van der Waals surface area contributed by atoms with Crippen molar-refractivity contribution in [2.45, 2.75) is 19.8 Å². The molecule has 2 aromatic carbocycles. The van der Waals surface area contributed by atoms with Gasteiger partial charge in [0.05, 0.1) is 22.9 Å². The number of ether oxygens (including phenoxy) is 2. The molecule has 1 aromatic heterocycles. The Labute approximate surface area is 161 Å². The van der Waals surface area contributed by atoms with Gasteiger partial charge in [-0.1, -0.05) is 37.3 Å². The Bertz CT molecular complexity index is 964. The molecule has 1 heterocycles. The van der Waals surface area contributed by atoms with Gasteiger partial charge in [-0.3, -0.25) is 10.1 Å². The van der Waals surface area contributed by atoms with Crippen molar-refractivity contribution >= 4 is 38.6 Å². The number of benzene rings is 2. The maximum Gasteiger partial charge on any atom is 0.338 e. The molecule has 140 valence electrons. The van der Waals surface area contributed by atoms with Gasteiger partial charge in [-0.25, -0.2) is 9.78 Å². The zero-order chi connectivity index (χ0) is 19.4. The Morgan fingerprint density at radius 3 is 2.56 bits per heavy atom. The number of carbonyl (C=O) groups is 2. The lowest BCUT2D eigenvalue weighted by atomic mass is 10.0. The highest BCUT2D eigenvalue weighted by atomic mass is 32.1. The van der Waals surface area contributed by atoms with E-state index in [1.54, 1.807) is 25.3 Å². The monoisotopic (exact) mass is 384 g/mol. The molecule has 0 spiro atoms. The van der Waals surface area contributed by atoms with Crippen LogP contribution in [0.15, 0.2) is 42.5 Å². The van der Waals surface area contributed by atoms with Crippen molar-refractivity contribution in [3.63, 3.8) is 0 Å². The van der Waals surface area contributed by atoms with Gasteiger partial charge in [-0.15, -0.1) is 0 Å². The second kappa shape index (κ2) is 8.18. The minimum Gasteiger partial charge on any atom is -0.497 e. The summed E-state index contributed by atoms with van der Waals surface area (Å²) in [5.41, 5.74) is 2.31. The molecule has 1 N–H and O–H groups in total. The molecular weight excluding hydrogens is 364 g/mol. The third kappa shape index (κ3) is 4.62. The Morgan fingerprint density at radius 2 is 1.89 bits per heavy atom. The van der Waals surface area contributed by atoms with Crippen LogP contribution in [-0.4, -0.2) is 30.6 Å². The highest BCUT2D eigenvalue weighted by Gasteiger charge is 2.13. The van der Waals surface area contributed by atoms with E-state index in [2.05, 4.69) is 24.1 Å². The van der Waals surface area contributed by atoms with E-state index >= 15 is 0 Å². The lowest BCUT2D eigenvalue weighted by Crippen LogP contribution is -2.20. The van der Waals surface area contributed by atoms with Gasteiger partial charge >= 0.3 is 5.97 Å². The molecule has 0 unspecified atom stereocenters. The van der Waals surface area contributed by atoms with Crippen LogP contribution >= 0.6 is 11.3 Å². The third-order valence-corrected chi connectivity index (χ3v) is 4.92. The van der Waals surface area contributed by atoms with Crippen LogP contribution in [0.4, 0.5) is 5.13 Å². The average molecular weight is 384 g/mol. The molecule has 0 fully saturated rings. The molecule has 7 heteroatoms. The number of rotatable bonds is 6. The first-order chi connectivity index (χ1) is 13.0. The number of fused-ring (bicyclic) bond motifs is 1. The number of amides is 1. The number of methoxy groups -OCH3 is 1. The van der Waals surface area contributed by atoms with Gasteiger partial charge in [0.1, 0.15) is 5.75 Å². The number of anilines is 1. The largest absolute Gasteiger partial charge is 0.497 e. The van der Waals surface area contributed by atoms with Crippen LogP contribution in [0.2, 0.25) is 0 Å². The van der Waals surface area contributed by atoms with Gasteiger partial charge in [-0.05, 0) is 41.8 Å². The summed E-state index contributed by atoms with van der Waals surface area (Å²) >= 11 is 1.33. The molecule has 0 atom stereocenters.